The molecule has 1 aromatic carbocycles. The summed E-state index contributed by atoms with van der Waals surface area (Å²) in [5.74, 6) is 0.585. The van der Waals surface area contributed by atoms with Gasteiger partial charge in [-0.25, -0.2) is 0 Å². The molecule has 0 spiro atoms. The Morgan fingerprint density at radius 2 is 1.74 bits per heavy atom. The fraction of sp³-hybridized carbons (Fsp3) is 0.562. The van der Waals surface area contributed by atoms with Gasteiger partial charge in [0, 0.05) is 18.2 Å². The van der Waals surface area contributed by atoms with Crippen LogP contribution in [-0.2, 0) is 0 Å². The highest BCUT2D eigenvalue weighted by molar-refractivity contribution is 5.94. The molecule has 19 heavy (non-hydrogen) atoms. The molecule has 0 heterocycles. The molecule has 0 aliphatic carbocycles. The summed E-state index contributed by atoms with van der Waals surface area (Å²) < 4.78 is 0. The molecule has 3 heteroatoms. The Kier molecular flexibility index (Phi) is 6.03. The molecule has 0 aliphatic rings. The SMILES string of the molecule is CC(C)c1ccc(C(=O)N(CCCN)C(C)C)cc1. The van der Waals surface area contributed by atoms with Crippen LogP contribution in [0.4, 0.5) is 0 Å². The van der Waals surface area contributed by atoms with E-state index in [1.165, 1.54) is 5.56 Å². The maximum absolute atomic E-state index is 12.5. The lowest BCUT2D eigenvalue weighted by atomic mass is 10.0. The molecule has 1 aromatic rings. The minimum absolute atomic E-state index is 0.0961. The molecule has 0 atom stereocenters. The summed E-state index contributed by atoms with van der Waals surface area (Å²) in [5.41, 5.74) is 7.55. The lowest BCUT2D eigenvalue weighted by Gasteiger charge is -2.26. The van der Waals surface area contributed by atoms with Crippen LogP contribution in [0.3, 0.4) is 0 Å². The van der Waals surface area contributed by atoms with Crippen molar-refractivity contribution in [2.24, 2.45) is 5.73 Å². The van der Waals surface area contributed by atoms with Gasteiger partial charge in [0.05, 0.1) is 0 Å². The minimum atomic E-state index is 0.0961. The Labute approximate surface area is 116 Å². The zero-order chi connectivity index (χ0) is 14.4. The Balaban J connectivity index is 2.84. The van der Waals surface area contributed by atoms with Crippen LogP contribution in [0.5, 0.6) is 0 Å². The maximum atomic E-state index is 12.5. The molecule has 0 aromatic heterocycles. The van der Waals surface area contributed by atoms with E-state index in [0.717, 1.165) is 18.5 Å². The van der Waals surface area contributed by atoms with Crippen molar-refractivity contribution in [3.63, 3.8) is 0 Å². The Hall–Kier alpha value is -1.35. The van der Waals surface area contributed by atoms with E-state index in [-0.39, 0.29) is 11.9 Å². The summed E-state index contributed by atoms with van der Waals surface area (Å²) in [6.45, 7) is 9.71. The smallest absolute Gasteiger partial charge is 0.254 e. The van der Waals surface area contributed by atoms with Gasteiger partial charge in [-0.15, -0.1) is 0 Å². The van der Waals surface area contributed by atoms with E-state index in [0.29, 0.717) is 12.5 Å². The van der Waals surface area contributed by atoms with Crippen molar-refractivity contribution in [3.8, 4) is 0 Å². The normalized spacial score (nSPS) is 11.1. The summed E-state index contributed by atoms with van der Waals surface area (Å²) in [4.78, 5) is 14.3. The number of hydrogen-bond donors (Lipinski definition) is 1. The highest BCUT2D eigenvalue weighted by atomic mass is 16.2. The summed E-state index contributed by atoms with van der Waals surface area (Å²) in [6, 6.07) is 8.13. The summed E-state index contributed by atoms with van der Waals surface area (Å²) >= 11 is 0. The van der Waals surface area contributed by atoms with Gasteiger partial charge in [-0.3, -0.25) is 4.79 Å². The molecule has 0 unspecified atom stereocenters. The van der Waals surface area contributed by atoms with E-state index in [4.69, 9.17) is 5.73 Å². The summed E-state index contributed by atoms with van der Waals surface area (Å²) in [7, 11) is 0. The predicted octanol–water partition coefficient (Wildman–Crippen LogP) is 3.01. The van der Waals surface area contributed by atoms with Gasteiger partial charge in [-0.05, 0) is 50.4 Å². The average Bonchev–Trinajstić information content (AvgIpc) is 2.38. The molecule has 0 saturated carbocycles. The second-order valence-corrected chi connectivity index (χ2v) is 5.51. The van der Waals surface area contributed by atoms with Crippen LogP contribution in [0.2, 0.25) is 0 Å². The van der Waals surface area contributed by atoms with E-state index in [1.807, 2.05) is 43.0 Å². The Bertz CT molecular complexity index is 396. The van der Waals surface area contributed by atoms with Crippen molar-refractivity contribution in [2.75, 3.05) is 13.1 Å². The maximum Gasteiger partial charge on any atom is 0.254 e. The fourth-order valence-corrected chi connectivity index (χ4v) is 2.03. The van der Waals surface area contributed by atoms with Crippen molar-refractivity contribution in [1.82, 2.24) is 4.90 Å². The summed E-state index contributed by atoms with van der Waals surface area (Å²) in [5, 5.41) is 0. The van der Waals surface area contributed by atoms with Gasteiger partial charge in [0.1, 0.15) is 0 Å². The first-order chi connectivity index (χ1) is 8.97. The van der Waals surface area contributed by atoms with Gasteiger partial charge in [0.25, 0.3) is 5.91 Å². The highest BCUT2D eigenvalue weighted by Gasteiger charge is 2.18. The first kappa shape index (κ1) is 15.7. The number of nitrogens with two attached hydrogens (primary N) is 1. The summed E-state index contributed by atoms with van der Waals surface area (Å²) in [6.07, 6.45) is 0.841. The lowest BCUT2D eigenvalue weighted by molar-refractivity contribution is 0.0705. The van der Waals surface area contributed by atoms with E-state index in [2.05, 4.69) is 13.8 Å². The molecular weight excluding hydrogens is 236 g/mol. The van der Waals surface area contributed by atoms with E-state index >= 15 is 0 Å². The van der Waals surface area contributed by atoms with Crippen LogP contribution in [0, 0.1) is 0 Å². The molecular formula is C16H26N2O. The third-order valence-corrected chi connectivity index (χ3v) is 3.31. The van der Waals surface area contributed by atoms with Crippen molar-refractivity contribution in [3.05, 3.63) is 35.4 Å². The van der Waals surface area contributed by atoms with Crippen LogP contribution in [-0.4, -0.2) is 29.9 Å². The van der Waals surface area contributed by atoms with Crippen LogP contribution in [0.25, 0.3) is 0 Å². The van der Waals surface area contributed by atoms with Gasteiger partial charge in [0.15, 0.2) is 0 Å². The topological polar surface area (TPSA) is 46.3 Å². The molecule has 0 aliphatic heterocycles. The fourth-order valence-electron chi connectivity index (χ4n) is 2.03. The number of nitrogens with zero attached hydrogens (tertiary/aromatic N) is 1. The third kappa shape index (κ3) is 4.35. The minimum Gasteiger partial charge on any atom is -0.336 e. The quantitative estimate of drug-likeness (QED) is 0.856. The Morgan fingerprint density at radius 3 is 2.16 bits per heavy atom. The molecule has 0 bridgehead atoms. The predicted molar refractivity (Wildman–Crippen MR) is 80.4 cm³/mol. The molecule has 0 radical (unpaired) electrons. The van der Waals surface area contributed by atoms with Crippen molar-refractivity contribution in [2.45, 2.75) is 46.1 Å². The molecule has 2 N–H and O–H groups in total. The first-order valence-electron chi connectivity index (χ1n) is 7.08. The molecule has 1 amide bonds. The van der Waals surface area contributed by atoms with Gasteiger partial charge in [-0.1, -0.05) is 26.0 Å². The molecule has 3 nitrogen and oxygen atoms in total. The second kappa shape index (κ2) is 7.29. The molecule has 1 rings (SSSR count). The van der Waals surface area contributed by atoms with Gasteiger partial charge >= 0.3 is 0 Å². The number of rotatable bonds is 6. The monoisotopic (exact) mass is 262 g/mol. The lowest BCUT2D eigenvalue weighted by Crippen LogP contribution is -2.38. The average molecular weight is 262 g/mol. The largest absolute Gasteiger partial charge is 0.336 e. The third-order valence-electron chi connectivity index (χ3n) is 3.31. The second-order valence-electron chi connectivity index (χ2n) is 5.51. The van der Waals surface area contributed by atoms with Crippen LogP contribution in [0.15, 0.2) is 24.3 Å². The van der Waals surface area contributed by atoms with Crippen LogP contribution in [0.1, 0.15) is 56.0 Å². The molecule has 0 saturated heterocycles. The van der Waals surface area contributed by atoms with Gasteiger partial charge in [-0.2, -0.15) is 0 Å². The van der Waals surface area contributed by atoms with Crippen molar-refractivity contribution < 1.29 is 4.79 Å². The molecule has 106 valence electrons. The van der Waals surface area contributed by atoms with Crippen molar-refractivity contribution >= 4 is 5.91 Å². The van der Waals surface area contributed by atoms with E-state index in [9.17, 15) is 4.79 Å². The van der Waals surface area contributed by atoms with E-state index < -0.39 is 0 Å². The zero-order valence-electron chi connectivity index (χ0n) is 12.5. The number of amides is 1. The van der Waals surface area contributed by atoms with Crippen LogP contribution >= 0.6 is 0 Å². The standard InChI is InChI=1S/C16H26N2O/c1-12(2)14-6-8-15(9-7-14)16(19)18(13(3)4)11-5-10-17/h6-9,12-13H,5,10-11,17H2,1-4H3. The van der Waals surface area contributed by atoms with Crippen molar-refractivity contribution in [1.29, 1.82) is 0 Å². The zero-order valence-corrected chi connectivity index (χ0v) is 12.5. The molecule has 0 fully saturated rings. The number of carbonyl (C=O) groups is 1. The van der Waals surface area contributed by atoms with Gasteiger partial charge < -0.3 is 10.6 Å². The van der Waals surface area contributed by atoms with Gasteiger partial charge in [0.2, 0.25) is 0 Å². The number of hydrogen-bond acceptors (Lipinski definition) is 2. The Morgan fingerprint density at radius 1 is 1.16 bits per heavy atom. The first-order valence-corrected chi connectivity index (χ1v) is 7.08. The number of carbonyl (C=O) groups excluding carboxylic acids is 1. The number of benzene rings is 1. The van der Waals surface area contributed by atoms with Crippen LogP contribution < -0.4 is 5.73 Å². The highest BCUT2D eigenvalue weighted by Crippen LogP contribution is 2.16. The van der Waals surface area contributed by atoms with E-state index in [1.54, 1.807) is 0 Å².